The van der Waals surface area contributed by atoms with Gasteiger partial charge in [0.25, 0.3) is 5.56 Å². The molecule has 3 aliphatic rings. The number of amides is 1. The highest BCUT2D eigenvalue weighted by molar-refractivity contribution is 5.77. The van der Waals surface area contributed by atoms with E-state index in [1.165, 1.54) is 0 Å². The van der Waals surface area contributed by atoms with E-state index in [1.54, 1.807) is 13.0 Å². The van der Waals surface area contributed by atoms with Gasteiger partial charge in [0.05, 0.1) is 16.9 Å². The molecule has 2 bridgehead atoms. The van der Waals surface area contributed by atoms with Gasteiger partial charge in [-0.2, -0.15) is 0 Å². The third-order valence-corrected chi connectivity index (χ3v) is 5.50. The molecule has 3 saturated heterocycles. The number of nitrogens with zero attached hydrogens (tertiary/aromatic N) is 3. The Balaban J connectivity index is 1.64. The Bertz CT molecular complexity index is 846. The molecule has 0 radical (unpaired) electrons. The van der Waals surface area contributed by atoms with Gasteiger partial charge in [-0.05, 0) is 31.9 Å². The zero-order chi connectivity index (χ0) is 16.8. The van der Waals surface area contributed by atoms with Gasteiger partial charge in [-0.15, -0.1) is 0 Å². The highest BCUT2D eigenvalue weighted by atomic mass is 16.2. The predicted octanol–water partition coefficient (Wildman–Crippen LogP) is 1.68. The Morgan fingerprint density at radius 3 is 2.71 bits per heavy atom. The highest BCUT2D eigenvalue weighted by Crippen LogP contribution is 2.34. The monoisotopic (exact) mass is 326 g/mol. The second-order valence-corrected chi connectivity index (χ2v) is 6.90. The topological polar surface area (TPSA) is 69.3 Å². The fraction of sp³-hybridized carbons (Fsp3) is 0.500. The fourth-order valence-electron chi connectivity index (χ4n) is 4.18. The lowest BCUT2D eigenvalue weighted by Crippen LogP contribution is -2.63. The molecular weight excluding hydrogens is 304 g/mol. The van der Waals surface area contributed by atoms with Crippen molar-refractivity contribution in [2.45, 2.75) is 44.8 Å². The Kier molecular flexibility index (Phi) is 3.64. The molecule has 1 amide bonds. The molecule has 126 valence electrons. The van der Waals surface area contributed by atoms with Crippen LogP contribution in [0, 0.1) is 0 Å². The molecule has 6 heteroatoms. The molecule has 3 atom stereocenters. The van der Waals surface area contributed by atoms with E-state index in [1.807, 2.05) is 23.1 Å². The number of aromatic nitrogens is 2. The average molecular weight is 326 g/mol. The van der Waals surface area contributed by atoms with Crippen LogP contribution in [0.5, 0.6) is 0 Å². The molecule has 0 spiro atoms. The number of fused-ring (bicyclic) bond motifs is 4. The molecule has 1 N–H and O–H groups in total. The van der Waals surface area contributed by atoms with E-state index >= 15 is 0 Å². The Labute approximate surface area is 140 Å². The summed E-state index contributed by atoms with van der Waals surface area (Å²) in [6.45, 7) is 5.37. The van der Waals surface area contributed by atoms with Crippen LogP contribution < -0.4 is 5.56 Å². The molecule has 0 aliphatic carbocycles. The molecule has 1 aromatic heterocycles. The lowest BCUT2D eigenvalue weighted by Gasteiger charge is -2.53. The summed E-state index contributed by atoms with van der Waals surface area (Å²) in [5.74, 6) is 0.870. The molecule has 3 aliphatic heterocycles. The van der Waals surface area contributed by atoms with E-state index in [0.29, 0.717) is 17.3 Å². The number of piperazine rings is 1. The molecular formula is C18H22N4O2. The van der Waals surface area contributed by atoms with Crippen molar-refractivity contribution in [3.8, 4) is 0 Å². The Morgan fingerprint density at radius 1 is 1.25 bits per heavy atom. The summed E-state index contributed by atoms with van der Waals surface area (Å²) in [6, 6.07) is 8.07. The Morgan fingerprint density at radius 2 is 2.00 bits per heavy atom. The van der Waals surface area contributed by atoms with Crippen molar-refractivity contribution >= 4 is 16.8 Å². The summed E-state index contributed by atoms with van der Waals surface area (Å²) in [5, 5.41) is 0.622. The van der Waals surface area contributed by atoms with Crippen LogP contribution in [0.2, 0.25) is 0 Å². The van der Waals surface area contributed by atoms with Crippen LogP contribution in [0.25, 0.3) is 10.9 Å². The van der Waals surface area contributed by atoms with Crippen LogP contribution in [-0.4, -0.2) is 50.8 Å². The van der Waals surface area contributed by atoms with Gasteiger partial charge in [-0.25, -0.2) is 4.98 Å². The van der Waals surface area contributed by atoms with E-state index in [2.05, 4.69) is 21.8 Å². The van der Waals surface area contributed by atoms with Crippen LogP contribution in [0.3, 0.4) is 0 Å². The zero-order valence-electron chi connectivity index (χ0n) is 14.0. The van der Waals surface area contributed by atoms with Crippen molar-refractivity contribution in [3.63, 3.8) is 0 Å². The van der Waals surface area contributed by atoms with Crippen LogP contribution in [-0.2, 0) is 4.79 Å². The minimum absolute atomic E-state index is 0.0317. The molecule has 1 aromatic carbocycles. The summed E-state index contributed by atoms with van der Waals surface area (Å²) in [5.41, 5.74) is 0.644. The molecule has 6 nitrogen and oxygen atoms in total. The Hall–Kier alpha value is -2.21. The van der Waals surface area contributed by atoms with E-state index in [4.69, 9.17) is 0 Å². The van der Waals surface area contributed by atoms with Crippen molar-refractivity contribution in [2.75, 3.05) is 13.1 Å². The van der Waals surface area contributed by atoms with Crippen molar-refractivity contribution in [2.24, 2.45) is 0 Å². The second kappa shape index (κ2) is 5.70. The maximum atomic E-state index is 12.3. The molecule has 3 unspecified atom stereocenters. The first-order valence-corrected chi connectivity index (χ1v) is 8.56. The SMILES string of the molecule is CC(=O)N1CC2CCC1CN2C(C)c1nc2ccccc2c(=O)[nH]1. The van der Waals surface area contributed by atoms with Crippen LogP contribution in [0.1, 0.15) is 38.6 Å². The largest absolute Gasteiger partial charge is 0.337 e. The molecule has 3 fully saturated rings. The van der Waals surface area contributed by atoms with Crippen LogP contribution in [0.15, 0.2) is 29.1 Å². The first-order valence-electron chi connectivity index (χ1n) is 8.56. The molecule has 5 rings (SSSR count). The predicted molar refractivity (Wildman–Crippen MR) is 91.7 cm³/mol. The number of aromatic amines is 1. The number of rotatable bonds is 2. The van der Waals surface area contributed by atoms with E-state index in [-0.39, 0.29) is 23.6 Å². The summed E-state index contributed by atoms with van der Waals surface area (Å²) in [4.78, 5) is 36.1. The molecule has 2 aromatic rings. The minimum Gasteiger partial charge on any atom is -0.337 e. The first kappa shape index (κ1) is 15.3. The van der Waals surface area contributed by atoms with Gasteiger partial charge >= 0.3 is 0 Å². The summed E-state index contributed by atoms with van der Waals surface area (Å²) in [6.07, 6.45) is 2.16. The number of hydrogen-bond acceptors (Lipinski definition) is 4. The minimum atomic E-state index is -0.0880. The quantitative estimate of drug-likeness (QED) is 0.911. The standard InChI is InChI=1S/C18H22N4O2/c1-11(17-19-16-6-4-3-5-15(16)18(24)20-17)21-9-14-8-7-13(21)10-22(14)12(2)23/h3-6,11,13-14H,7-10H2,1-2H3,(H,19,20,24). The number of piperidine rings is 2. The maximum Gasteiger partial charge on any atom is 0.258 e. The van der Waals surface area contributed by atoms with Gasteiger partial charge in [0.1, 0.15) is 5.82 Å². The van der Waals surface area contributed by atoms with Gasteiger partial charge in [0.15, 0.2) is 0 Å². The second-order valence-electron chi connectivity index (χ2n) is 6.90. The lowest BCUT2D eigenvalue weighted by atomic mass is 9.89. The lowest BCUT2D eigenvalue weighted by molar-refractivity contribution is -0.140. The third-order valence-electron chi connectivity index (χ3n) is 5.50. The average Bonchev–Trinajstić information content (AvgIpc) is 2.61. The van der Waals surface area contributed by atoms with Crippen molar-refractivity contribution in [1.29, 1.82) is 0 Å². The number of carbonyl (C=O) groups is 1. The number of nitrogens with one attached hydrogen (secondary N) is 1. The number of para-hydroxylation sites is 1. The van der Waals surface area contributed by atoms with Crippen molar-refractivity contribution < 1.29 is 4.79 Å². The van der Waals surface area contributed by atoms with Crippen molar-refractivity contribution in [3.05, 3.63) is 40.4 Å². The van der Waals surface area contributed by atoms with Gasteiger partial charge in [0, 0.05) is 32.1 Å². The summed E-state index contributed by atoms with van der Waals surface area (Å²) in [7, 11) is 0. The smallest absolute Gasteiger partial charge is 0.258 e. The number of carbonyl (C=O) groups excluding carboxylic acids is 1. The van der Waals surface area contributed by atoms with Crippen LogP contribution >= 0.6 is 0 Å². The summed E-state index contributed by atoms with van der Waals surface area (Å²) < 4.78 is 0. The van der Waals surface area contributed by atoms with E-state index in [0.717, 1.165) is 31.4 Å². The van der Waals surface area contributed by atoms with E-state index in [9.17, 15) is 9.59 Å². The third kappa shape index (κ3) is 2.41. The van der Waals surface area contributed by atoms with Gasteiger partial charge in [0.2, 0.25) is 5.91 Å². The van der Waals surface area contributed by atoms with Gasteiger partial charge in [-0.3, -0.25) is 14.5 Å². The highest BCUT2D eigenvalue weighted by Gasteiger charge is 2.42. The molecule has 4 heterocycles. The molecule has 24 heavy (non-hydrogen) atoms. The first-order chi connectivity index (χ1) is 11.5. The van der Waals surface area contributed by atoms with Crippen molar-refractivity contribution in [1.82, 2.24) is 19.8 Å². The van der Waals surface area contributed by atoms with Gasteiger partial charge in [-0.1, -0.05) is 12.1 Å². The molecule has 0 saturated carbocycles. The maximum absolute atomic E-state index is 12.3. The summed E-state index contributed by atoms with van der Waals surface area (Å²) >= 11 is 0. The van der Waals surface area contributed by atoms with E-state index < -0.39 is 0 Å². The normalized spacial score (nSPS) is 25.2. The fourth-order valence-corrected chi connectivity index (χ4v) is 4.18. The number of benzene rings is 1. The van der Waals surface area contributed by atoms with Gasteiger partial charge < -0.3 is 9.88 Å². The zero-order valence-corrected chi connectivity index (χ0v) is 14.0. The number of hydrogen-bond donors (Lipinski definition) is 1. The number of H-pyrrole nitrogens is 1. The van der Waals surface area contributed by atoms with Crippen LogP contribution in [0.4, 0.5) is 0 Å².